The zero-order chi connectivity index (χ0) is 13.5. The molecule has 0 aliphatic rings. The summed E-state index contributed by atoms with van der Waals surface area (Å²) < 4.78 is 0. The van der Waals surface area contributed by atoms with Crippen LogP contribution >= 0.6 is 0 Å². The van der Waals surface area contributed by atoms with E-state index in [9.17, 15) is 9.59 Å². The van der Waals surface area contributed by atoms with Crippen LogP contribution in [-0.2, 0) is 16.0 Å². The molecule has 1 unspecified atom stereocenters. The molecule has 1 aromatic heterocycles. The van der Waals surface area contributed by atoms with Crippen molar-refractivity contribution < 1.29 is 14.7 Å². The van der Waals surface area contributed by atoms with Crippen molar-refractivity contribution in [3.8, 4) is 0 Å². The van der Waals surface area contributed by atoms with Crippen LogP contribution in [0.15, 0.2) is 24.5 Å². The van der Waals surface area contributed by atoms with Crippen LogP contribution in [0.3, 0.4) is 0 Å². The second-order valence-corrected chi connectivity index (χ2v) is 4.07. The highest BCUT2D eigenvalue weighted by Gasteiger charge is 2.18. The first-order valence-corrected chi connectivity index (χ1v) is 5.62. The molecule has 0 aliphatic carbocycles. The van der Waals surface area contributed by atoms with Gasteiger partial charge in [-0.3, -0.25) is 14.6 Å². The molecule has 6 heteroatoms. The fraction of sp³-hybridized carbons (Fsp3) is 0.417. The number of pyridine rings is 1. The lowest BCUT2D eigenvalue weighted by molar-refractivity contribution is -0.142. The van der Waals surface area contributed by atoms with Crippen LogP contribution in [0.5, 0.6) is 0 Å². The molecule has 0 aromatic carbocycles. The first-order chi connectivity index (χ1) is 8.50. The number of aromatic nitrogens is 1. The van der Waals surface area contributed by atoms with Gasteiger partial charge in [0, 0.05) is 26.0 Å². The van der Waals surface area contributed by atoms with Gasteiger partial charge in [-0.15, -0.1) is 0 Å². The average molecular weight is 251 g/mol. The van der Waals surface area contributed by atoms with Crippen LogP contribution in [0, 0.1) is 0 Å². The van der Waals surface area contributed by atoms with Gasteiger partial charge in [0.15, 0.2) is 0 Å². The van der Waals surface area contributed by atoms with E-state index in [1.54, 1.807) is 19.4 Å². The monoisotopic (exact) mass is 251 g/mol. The summed E-state index contributed by atoms with van der Waals surface area (Å²) in [6.45, 7) is 0.523. The summed E-state index contributed by atoms with van der Waals surface area (Å²) in [5.41, 5.74) is 6.38. The number of nitrogens with zero attached hydrogens (tertiary/aromatic N) is 2. The van der Waals surface area contributed by atoms with Crippen LogP contribution < -0.4 is 5.73 Å². The Hall–Kier alpha value is -1.95. The molecule has 1 aromatic rings. The van der Waals surface area contributed by atoms with Gasteiger partial charge in [-0.1, -0.05) is 0 Å². The van der Waals surface area contributed by atoms with Crippen molar-refractivity contribution in [2.75, 3.05) is 13.6 Å². The van der Waals surface area contributed by atoms with Gasteiger partial charge in [0.1, 0.15) is 6.04 Å². The number of hydrogen-bond acceptors (Lipinski definition) is 4. The maximum absolute atomic E-state index is 11.6. The lowest BCUT2D eigenvalue weighted by Gasteiger charge is -2.18. The minimum absolute atomic E-state index is 0.178. The molecule has 1 heterocycles. The standard InChI is InChI=1S/C12H17N3O3/c1-15(11(16)8-10(13)12(17)18)7-4-9-2-5-14-6-3-9/h2-3,5-6,10H,4,7-8,13H2,1H3,(H,17,18). The highest BCUT2D eigenvalue weighted by atomic mass is 16.4. The van der Waals surface area contributed by atoms with E-state index >= 15 is 0 Å². The molecule has 0 spiro atoms. The molecule has 0 saturated carbocycles. The number of carboxylic acids is 1. The molecular weight excluding hydrogens is 234 g/mol. The predicted molar refractivity (Wildman–Crippen MR) is 65.8 cm³/mol. The van der Waals surface area contributed by atoms with Crippen LogP contribution in [-0.4, -0.2) is 46.5 Å². The van der Waals surface area contributed by atoms with Crippen LogP contribution in [0.4, 0.5) is 0 Å². The number of hydrogen-bond donors (Lipinski definition) is 2. The fourth-order valence-electron chi connectivity index (χ4n) is 1.40. The summed E-state index contributed by atoms with van der Waals surface area (Å²) >= 11 is 0. The van der Waals surface area contributed by atoms with Crippen molar-refractivity contribution >= 4 is 11.9 Å². The van der Waals surface area contributed by atoms with Crippen molar-refractivity contribution in [3.63, 3.8) is 0 Å². The largest absolute Gasteiger partial charge is 0.480 e. The van der Waals surface area contributed by atoms with Gasteiger partial charge in [-0.2, -0.15) is 0 Å². The zero-order valence-corrected chi connectivity index (χ0v) is 10.2. The number of rotatable bonds is 6. The Kier molecular flexibility index (Phi) is 5.26. The van der Waals surface area contributed by atoms with Crippen molar-refractivity contribution in [1.82, 2.24) is 9.88 Å². The second kappa shape index (κ2) is 6.70. The van der Waals surface area contributed by atoms with E-state index in [0.29, 0.717) is 13.0 Å². The molecule has 3 N–H and O–H groups in total. The molecule has 0 aliphatic heterocycles. The molecule has 0 bridgehead atoms. The second-order valence-electron chi connectivity index (χ2n) is 4.07. The molecule has 6 nitrogen and oxygen atoms in total. The zero-order valence-electron chi connectivity index (χ0n) is 10.2. The van der Waals surface area contributed by atoms with E-state index in [-0.39, 0.29) is 12.3 Å². The van der Waals surface area contributed by atoms with Gasteiger partial charge >= 0.3 is 5.97 Å². The topological polar surface area (TPSA) is 96.5 Å². The maximum atomic E-state index is 11.6. The van der Waals surface area contributed by atoms with Gasteiger partial charge in [0.25, 0.3) is 0 Å². The summed E-state index contributed by atoms with van der Waals surface area (Å²) in [4.78, 5) is 27.6. The van der Waals surface area contributed by atoms with Gasteiger partial charge in [-0.25, -0.2) is 0 Å². The third-order valence-corrected chi connectivity index (χ3v) is 2.62. The van der Waals surface area contributed by atoms with Crippen molar-refractivity contribution in [1.29, 1.82) is 0 Å². The summed E-state index contributed by atoms with van der Waals surface area (Å²) in [6.07, 6.45) is 3.91. The number of aliphatic carboxylic acids is 1. The van der Waals surface area contributed by atoms with Gasteiger partial charge < -0.3 is 15.7 Å². The number of carboxylic acid groups (broad SMARTS) is 1. The van der Waals surface area contributed by atoms with Crippen LogP contribution in [0.1, 0.15) is 12.0 Å². The Morgan fingerprint density at radius 3 is 2.61 bits per heavy atom. The minimum Gasteiger partial charge on any atom is -0.480 e. The van der Waals surface area contributed by atoms with E-state index in [4.69, 9.17) is 10.8 Å². The molecular formula is C12H17N3O3. The van der Waals surface area contributed by atoms with E-state index in [0.717, 1.165) is 5.56 Å². The Labute approximate surface area is 105 Å². The quantitative estimate of drug-likeness (QED) is 0.735. The van der Waals surface area contributed by atoms with Gasteiger partial charge in [-0.05, 0) is 24.1 Å². The van der Waals surface area contributed by atoms with Gasteiger partial charge in [0.05, 0.1) is 6.42 Å². The SMILES string of the molecule is CN(CCc1ccncc1)C(=O)CC(N)C(=O)O. The first-order valence-electron chi connectivity index (χ1n) is 5.62. The van der Waals surface area contributed by atoms with Crippen molar-refractivity contribution in [2.45, 2.75) is 18.9 Å². The van der Waals surface area contributed by atoms with E-state index in [1.165, 1.54) is 4.90 Å². The molecule has 98 valence electrons. The number of carbonyl (C=O) groups is 2. The Balaban J connectivity index is 2.39. The molecule has 0 radical (unpaired) electrons. The molecule has 0 saturated heterocycles. The van der Waals surface area contributed by atoms with Crippen molar-refractivity contribution in [3.05, 3.63) is 30.1 Å². The minimum atomic E-state index is -1.16. The third-order valence-electron chi connectivity index (χ3n) is 2.62. The summed E-state index contributed by atoms with van der Waals surface area (Å²) in [6, 6.07) is 2.61. The number of likely N-dealkylation sites (N-methyl/N-ethyl adjacent to an activating group) is 1. The normalized spacial score (nSPS) is 11.9. The highest BCUT2D eigenvalue weighted by molar-refractivity contribution is 5.84. The highest BCUT2D eigenvalue weighted by Crippen LogP contribution is 2.01. The van der Waals surface area contributed by atoms with Gasteiger partial charge in [0.2, 0.25) is 5.91 Å². The van der Waals surface area contributed by atoms with Crippen molar-refractivity contribution in [2.24, 2.45) is 5.73 Å². The van der Waals surface area contributed by atoms with Crippen LogP contribution in [0.25, 0.3) is 0 Å². The molecule has 18 heavy (non-hydrogen) atoms. The van der Waals surface area contributed by atoms with Crippen LogP contribution in [0.2, 0.25) is 0 Å². The van der Waals surface area contributed by atoms with E-state index < -0.39 is 12.0 Å². The predicted octanol–water partition coefficient (Wildman–Crippen LogP) is -0.115. The first kappa shape index (κ1) is 14.1. The Morgan fingerprint density at radius 1 is 1.44 bits per heavy atom. The molecule has 1 rings (SSSR count). The number of nitrogens with two attached hydrogens (primary N) is 1. The molecule has 0 fully saturated rings. The maximum Gasteiger partial charge on any atom is 0.321 e. The molecule has 1 atom stereocenters. The fourth-order valence-corrected chi connectivity index (χ4v) is 1.40. The summed E-state index contributed by atoms with van der Waals surface area (Å²) in [7, 11) is 1.64. The average Bonchev–Trinajstić information content (AvgIpc) is 2.36. The smallest absolute Gasteiger partial charge is 0.321 e. The lowest BCUT2D eigenvalue weighted by atomic mass is 10.1. The Morgan fingerprint density at radius 2 is 2.06 bits per heavy atom. The summed E-state index contributed by atoms with van der Waals surface area (Å²) in [5.74, 6) is -1.43. The number of carbonyl (C=O) groups excluding carboxylic acids is 1. The third kappa shape index (κ3) is 4.50. The molecule has 1 amide bonds. The lowest BCUT2D eigenvalue weighted by Crippen LogP contribution is -2.38. The van der Waals surface area contributed by atoms with E-state index in [2.05, 4.69) is 4.98 Å². The van der Waals surface area contributed by atoms with E-state index in [1.807, 2.05) is 12.1 Å². The summed E-state index contributed by atoms with van der Waals surface area (Å²) in [5, 5.41) is 8.62. The Bertz CT molecular complexity index is 408. The number of amides is 1.